The lowest BCUT2D eigenvalue weighted by atomic mass is 9.93. The van der Waals surface area contributed by atoms with Crippen LogP contribution in [0.15, 0.2) is 24.3 Å². The van der Waals surface area contributed by atoms with Crippen molar-refractivity contribution in [3.8, 4) is 10.6 Å². The maximum atomic E-state index is 13.1. The van der Waals surface area contributed by atoms with Gasteiger partial charge in [-0.15, -0.1) is 11.3 Å². The van der Waals surface area contributed by atoms with Gasteiger partial charge in [0, 0.05) is 31.1 Å². The van der Waals surface area contributed by atoms with E-state index >= 15 is 0 Å². The van der Waals surface area contributed by atoms with E-state index in [9.17, 15) is 14.0 Å². The van der Waals surface area contributed by atoms with E-state index in [0.29, 0.717) is 36.0 Å². The zero-order chi connectivity index (χ0) is 21.0. The van der Waals surface area contributed by atoms with Crippen molar-refractivity contribution in [2.45, 2.75) is 52.5 Å². The summed E-state index contributed by atoms with van der Waals surface area (Å²) in [5.41, 5.74) is 1.51. The third-order valence-corrected chi connectivity index (χ3v) is 6.67. The van der Waals surface area contributed by atoms with E-state index in [4.69, 9.17) is 0 Å². The molecule has 0 saturated carbocycles. The molecule has 29 heavy (non-hydrogen) atoms. The quantitative estimate of drug-likeness (QED) is 0.757. The number of carbonyl (C=O) groups is 2. The number of nitrogens with one attached hydrogen (secondary N) is 1. The second kappa shape index (κ2) is 9.48. The summed E-state index contributed by atoms with van der Waals surface area (Å²) in [5, 5.41) is 3.74. The maximum Gasteiger partial charge on any atom is 0.265 e. The number of hydrogen-bond donors (Lipinski definition) is 1. The van der Waals surface area contributed by atoms with Gasteiger partial charge in [-0.05, 0) is 63.3 Å². The number of amides is 2. The number of benzene rings is 1. The lowest BCUT2D eigenvalue weighted by Crippen LogP contribution is -2.40. The molecular weight excluding hydrogens is 389 g/mol. The van der Waals surface area contributed by atoms with Crippen molar-refractivity contribution >= 4 is 23.2 Å². The number of halogens is 1. The van der Waals surface area contributed by atoms with Crippen LogP contribution in [0, 0.1) is 18.7 Å². The normalized spacial score (nSPS) is 15.9. The Hall–Kier alpha value is -2.28. The molecule has 3 rings (SSSR count). The molecule has 1 saturated heterocycles. The second-order valence-electron chi connectivity index (χ2n) is 7.76. The molecule has 0 aliphatic carbocycles. The molecule has 156 valence electrons. The van der Waals surface area contributed by atoms with Crippen LogP contribution in [-0.2, 0) is 4.79 Å². The van der Waals surface area contributed by atoms with Crippen molar-refractivity contribution in [2.24, 2.45) is 5.92 Å². The molecule has 7 heteroatoms. The lowest BCUT2D eigenvalue weighted by Gasteiger charge is -2.31. The molecule has 0 unspecified atom stereocenters. The number of rotatable bonds is 6. The molecule has 1 atom stereocenters. The van der Waals surface area contributed by atoms with Crippen LogP contribution >= 0.6 is 11.3 Å². The molecule has 0 bridgehead atoms. The average molecular weight is 418 g/mol. The molecule has 2 heterocycles. The Morgan fingerprint density at radius 1 is 1.28 bits per heavy atom. The molecule has 1 N–H and O–H groups in total. The van der Waals surface area contributed by atoms with Gasteiger partial charge in [0.1, 0.15) is 15.7 Å². The van der Waals surface area contributed by atoms with Crippen LogP contribution in [0.4, 0.5) is 4.39 Å². The fraction of sp³-hybridized carbons (Fsp3) is 0.500. The molecule has 0 radical (unpaired) electrons. The molecule has 2 aromatic rings. The Labute approximate surface area is 175 Å². The van der Waals surface area contributed by atoms with E-state index in [1.54, 1.807) is 12.1 Å². The number of thiazole rings is 1. The van der Waals surface area contributed by atoms with E-state index < -0.39 is 0 Å². The van der Waals surface area contributed by atoms with Gasteiger partial charge in [-0.25, -0.2) is 9.37 Å². The molecule has 1 aromatic heterocycles. The van der Waals surface area contributed by atoms with Crippen LogP contribution in [0.5, 0.6) is 0 Å². The third kappa shape index (κ3) is 5.41. The molecule has 1 fully saturated rings. The predicted molar refractivity (Wildman–Crippen MR) is 113 cm³/mol. The SMILES string of the molecule is CC[C@H](C)NC(=O)CC1CCN(C(=O)c2sc(-c3ccc(F)cc3)nc2C)CC1. The number of likely N-dealkylation sites (tertiary alicyclic amines) is 1. The van der Waals surface area contributed by atoms with Crippen molar-refractivity contribution in [3.05, 3.63) is 40.7 Å². The molecule has 1 aromatic carbocycles. The largest absolute Gasteiger partial charge is 0.354 e. The van der Waals surface area contributed by atoms with Crippen molar-refractivity contribution in [2.75, 3.05) is 13.1 Å². The van der Waals surface area contributed by atoms with Crippen LogP contribution in [0.1, 0.15) is 54.9 Å². The first-order valence-electron chi connectivity index (χ1n) is 10.2. The van der Waals surface area contributed by atoms with Crippen molar-refractivity contribution in [1.82, 2.24) is 15.2 Å². The second-order valence-corrected chi connectivity index (χ2v) is 8.76. The predicted octanol–water partition coefficient (Wildman–Crippen LogP) is 4.41. The summed E-state index contributed by atoms with van der Waals surface area (Å²) in [6.07, 6.45) is 3.12. The van der Waals surface area contributed by atoms with Crippen LogP contribution in [0.2, 0.25) is 0 Å². The van der Waals surface area contributed by atoms with E-state index in [1.165, 1.54) is 23.5 Å². The van der Waals surface area contributed by atoms with Gasteiger partial charge in [-0.3, -0.25) is 9.59 Å². The minimum absolute atomic E-state index is 0.00383. The maximum absolute atomic E-state index is 13.1. The monoisotopic (exact) mass is 417 g/mol. The first-order chi connectivity index (χ1) is 13.9. The number of aryl methyl sites for hydroxylation is 1. The van der Waals surface area contributed by atoms with Crippen LogP contribution in [0.3, 0.4) is 0 Å². The Morgan fingerprint density at radius 2 is 1.93 bits per heavy atom. The Kier molecular flexibility index (Phi) is 7.00. The Balaban J connectivity index is 1.58. The summed E-state index contributed by atoms with van der Waals surface area (Å²) in [6, 6.07) is 6.36. The van der Waals surface area contributed by atoms with Gasteiger partial charge < -0.3 is 10.2 Å². The zero-order valence-electron chi connectivity index (χ0n) is 17.2. The Bertz CT molecular complexity index is 857. The van der Waals surface area contributed by atoms with Crippen LogP contribution < -0.4 is 5.32 Å². The van der Waals surface area contributed by atoms with Gasteiger partial charge in [-0.2, -0.15) is 0 Å². The summed E-state index contributed by atoms with van der Waals surface area (Å²) in [6.45, 7) is 7.21. The van der Waals surface area contributed by atoms with Gasteiger partial charge in [0.25, 0.3) is 5.91 Å². The van der Waals surface area contributed by atoms with E-state index in [-0.39, 0.29) is 23.7 Å². The number of aromatic nitrogens is 1. The zero-order valence-corrected chi connectivity index (χ0v) is 18.0. The number of carbonyl (C=O) groups excluding carboxylic acids is 2. The highest BCUT2D eigenvalue weighted by atomic mass is 32.1. The smallest absolute Gasteiger partial charge is 0.265 e. The standard InChI is InChI=1S/C22H28FN3O2S/c1-4-14(2)24-19(27)13-16-9-11-26(12-10-16)22(28)20-15(3)25-21(29-20)17-5-7-18(23)8-6-17/h5-8,14,16H,4,9-13H2,1-3H3,(H,24,27)/t14-/m0/s1. The summed E-state index contributed by atoms with van der Waals surface area (Å²) in [4.78, 5) is 32.1. The van der Waals surface area contributed by atoms with Gasteiger partial charge >= 0.3 is 0 Å². The van der Waals surface area contributed by atoms with Crippen molar-refractivity contribution in [1.29, 1.82) is 0 Å². The molecule has 1 aliphatic heterocycles. The minimum atomic E-state index is -0.293. The highest BCUT2D eigenvalue weighted by Crippen LogP contribution is 2.30. The highest BCUT2D eigenvalue weighted by Gasteiger charge is 2.27. The summed E-state index contributed by atoms with van der Waals surface area (Å²) in [7, 11) is 0. The number of piperidine rings is 1. The van der Waals surface area contributed by atoms with Gasteiger partial charge in [0.05, 0.1) is 5.69 Å². The van der Waals surface area contributed by atoms with Gasteiger partial charge in [-0.1, -0.05) is 6.92 Å². The Morgan fingerprint density at radius 3 is 2.55 bits per heavy atom. The van der Waals surface area contributed by atoms with Crippen LogP contribution in [0.25, 0.3) is 10.6 Å². The van der Waals surface area contributed by atoms with Gasteiger partial charge in [0.15, 0.2) is 0 Å². The fourth-order valence-electron chi connectivity index (χ4n) is 3.49. The first-order valence-corrected chi connectivity index (χ1v) is 11.0. The molecule has 1 aliphatic rings. The lowest BCUT2D eigenvalue weighted by molar-refractivity contribution is -0.122. The van der Waals surface area contributed by atoms with Crippen LogP contribution in [-0.4, -0.2) is 40.8 Å². The van der Waals surface area contributed by atoms with Crippen molar-refractivity contribution < 1.29 is 14.0 Å². The summed E-state index contributed by atoms with van der Waals surface area (Å²) < 4.78 is 13.1. The average Bonchev–Trinajstić information content (AvgIpc) is 3.10. The molecule has 0 spiro atoms. The number of hydrogen-bond acceptors (Lipinski definition) is 4. The van der Waals surface area contributed by atoms with Gasteiger partial charge in [0.2, 0.25) is 5.91 Å². The molecular formula is C22H28FN3O2S. The third-order valence-electron chi connectivity index (χ3n) is 5.48. The summed E-state index contributed by atoms with van der Waals surface area (Å²) in [5.74, 6) is 0.127. The number of nitrogens with zero attached hydrogens (tertiary/aromatic N) is 2. The topological polar surface area (TPSA) is 62.3 Å². The minimum Gasteiger partial charge on any atom is -0.354 e. The highest BCUT2D eigenvalue weighted by molar-refractivity contribution is 7.17. The fourth-order valence-corrected chi connectivity index (χ4v) is 4.53. The van der Waals surface area contributed by atoms with E-state index in [1.807, 2.05) is 18.7 Å². The molecule has 5 nitrogen and oxygen atoms in total. The van der Waals surface area contributed by atoms with E-state index in [2.05, 4.69) is 17.2 Å². The molecule has 2 amide bonds. The van der Waals surface area contributed by atoms with Crippen molar-refractivity contribution in [3.63, 3.8) is 0 Å². The summed E-state index contributed by atoms with van der Waals surface area (Å²) >= 11 is 1.35. The first kappa shape index (κ1) is 21.4. The van der Waals surface area contributed by atoms with E-state index in [0.717, 1.165) is 29.8 Å².